The molecule has 1 aromatic rings. The van der Waals surface area contributed by atoms with Gasteiger partial charge in [-0.2, -0.15) is 0 Å². The zero-order valence-electron chi connectivity index (χ0n) is 20.5. The second kappa shape index (κ2) is 16.1. The maximum atomic E-state index is 11.5. The van der Waals surface area contributed by atoms with Crippen LogP contribution in [0, 0.1) is 0 Å². The molecule has 1 aromatic carbocycles. The smallest absolute Gasteiger partial charge is 0.317 e. The van der Waals surface area contributed by atoms with Crippen LogP contribution in [0.4, 0.5) is 0 Å². The number of nitrogens with zero attached hydrogens (tertiary/aromatic N) is 3. The summed E-state index contributed by atoms with van der Waals surface area (Å²) in [4.78, 5) is 60.4. The van der Waals surface area contributed by atoms with Crippen LogP contribution < -0.4 is 4.74 Å². The van der Waals surface area contributed by atoms with Crippen molar-refractivity contribution in [1.29, 1.82) is 0 Å². The highest BCUT2D eigenvalue weighted by Gasteiger charge is 2.27. The van der Waals surface area contributed by atoms with E-state index < -0.39 is 68.6 Å². The number of carbonyl (C=O) groups is 5. The fraction of sp³-hybridized carbons (Fsp3) is 0.522. The van der Waals surface area contributed by atoms with E-state index in [4.69, 9.17) is 14.9 Å². The molecule has 0 aliphatic carbocycles. The average molecular weight is 528 g/mol. The van der Waals surface area contributed by atoms with Gasteiger partial charge in [0, 0.05) is 25.7 Å². The molecule has 0 aliphatic rings. The van der Waals surface area contributed by atoms with Gasteiger partial charge in [0.05, 0.1) is 39.3 Å². The lowest BCUT2D eigenvalue weighted by Crippen LogP contribution is -2.51. The predicted molar refractivity (Wildman–Crippen MR) is 128 cm³/mol. The van der Waals surface area contributed by atoms with Crippen LogP contribution in [0.3, 0.4) is 0 Å². The summed E-state index contributed by atoms with van der Waals surface area (Å²) in [7, 11) is 0. The van der Waals surface area contributed by atoms with Gasteiger partial charge >= 0.3 is 29.8 Å². The Bertz CT molecular complexity index is 891. The van der Waals surface area contributed by atoms with Gasteiger partial charge in [0.15, 0.2) is 0 Å². The van der Waals surface area contributed by atoms with Crippen LogP contribution in [0.25, 0.3) is 0 Å². The quantitative estimate of drug-likeness (QED) is 0.143. The van der Waals surface area contributed by atoms with E-state index in [9.17, 15) is 39.3 Å². The Morgan fingerprint density at radius 3 is 1.57 bits per heavy atom. The highest BCUT2D eigenvalue weighted by Crippen LogP contribution is 2.16. The Balaban J connectivity index is 3.21. The number of aliphatic carboxylic acids is 5. The van der Waals surface area contributed by atoms with Crippen LogP contribution in [0.15, 0.2) is 24.3 Å². The number of hydrogen-bond acceptors (Lipinski definition) is 9. The third-order valence-corrected chi connectivity index (χ3v) is 5.18. The summed E-state index contributed by atoms with van der Waals surface area (Å²) in [6, 6.07) is 6.14. The summed E-state index contributed by atoms with van der Waals surface area (Å²) in [6.45, 7) is -0.837. The molecule has 1 atom stereocenters. The van der Waals surface area contributed by atoms with Crippen molar-refractivity contribution < 1.29 is 54.2 Å². The van der Waals surface area contributed by atoms with Gasteiger partial charge in [-0.15, -0.1) is 0 Å². The van der Waals surface area contributed by atoms with Crippen molar-refractivity contribution in [3.8, 4) is 5.75 Å². The van der Waals surface area contributed by atoms with E-state index in [1.165, 1.54) is 9.80 Å². The first kappa shape index (κ1) is 31.3. The standard InChI is InChI=1S/C23H33N3O11/c1-2-37-18-5-3-16(4-6-18)9-17(26(14-22(33)34)15-23(35)36)10-24(11-19(27)28)7-8-25(12-20(29)30)13-21(31)32/h3-6,17H,2,7-15H2,1H3,(H,27,28)(H,29,30)(H,31,32)(H,33,34)(H,35,36)/t17-/m0/s1. The van der Waals surface area contributed by atoms with E-state index in [0.717, 1.165) is 10.5 Å². The Hall–Kier alpha value is -3.75. The molecule has 14 nitrogen and oxygen atoms in total. The molecular weight excluding hydrogens is 494 g/mol. The highest BCUT2D eigenvalue weighted by atomic mass is 16.5. The number of carboxylic acids is 5. The number of rotatable bonds is 20. The van der Waals surface area contributed by atoms with Crippen LogP contribution in [0.5, 0.6) is 5.75 Å². The summed E-state index contributed by atoms with van der Waals surface area (Å²) < 4.78 is 5.41. The summed E-state index contributed by atoms with van der Waals surface area (Å²) in [5.41, 5.74) is 0.725. The van der Waals surface area contributed by atoms with Crippen molar-refractivity contribution in [2.24, 2.45) is 0 Å². The molecule has 206 valence electrons. The molecule has 0 aromatic heterocycles. The normalized spacial score (nSPS) is 12.0. The molecule has 0 unspecified atom stereocenters. The van der Waals surface area contributed by atoms with Gasteiger partial charge < -0.3 is 30.3 Å². The Morgan fingerprint density at radius 2 is 1.14 bits per heavy atom. The first-order chi connectivity index (χ1) is 17.4. The van der Waals surface area contributed by atoms with Gasteiger partial charge in [-0.25, -0.2) is 0 Å². The van der Waals surface area contributed by atoms with Crippen LogP contribution >= 0.6 is 0 Å². The van der Waals surface area contributed by atoms with Gasteiger partial charge in [0.25, 0.3) is 0 Å². The molecule has 0 fully saturated rings. The van der Waals surface area contributed by atoms with Crippen LogP contribution in [-0.2, 0) is 30.4 Å². The highest BCUT2D eigenvalue weighted by molar-refractivity contribution is 5.73. The van der Waals surface area contributed by atoms with E-state index in [1.807, 2.05) is 6.92 Å². The summed E-state index contributed by atoms with van der Waals surface area (Å²) in [6.07, 6.45) is 0.178. The molecule has 0 bridgehead atoms. The lowest BCUT2D eigenvalue weighted by molar-refractivity contribution is -0.144. The van der Waals surface area contributed by atoms with Gasteiger partial charge in [-0.05, 0) is 31.0 Å². The molecule has 0 heterocycles. The number of carboxylic acid groups (broad SMARTS) is 5. The van der Waals surface area contributed by atoms with E-state index in [-0.39, 0.29) is 26.1 Å². The Morgan fingerprint density at radius 1 is 0.703 bits per heavy atom. The van der Waals surface area contributed by atoms with Crippen molar-refractivity contribution in [2.45, 2.75) is 19.4 Å². The second-order valence-electron chi connectivity index (χ2n) is 8.25. The molecule has 1 rings (SSSR count). The summed E-state index contributed by atoms with van der Waals surface area (Å²) in [5.74, 6) is -5.65. The largest absolute Gasteiger partial charge is 0.494 e. The fourth-order valence-electron chi connectivity index (χ4n) is 3.73. The van der Waals surface area contributed by atoms with Crippen LogP contribution in [0.2, 0.25) is 0 Å². The van der Waals surface area contributed by atoms with Crippen molar-refractivity contribution in [1.82, 2.24) is 14.7 Å². The molecule has 0 saturated heterocycles. The molecule has 0 amide bonds. The van der Waals surface area contributed by atoms with Crippen LogP contribution in [-0.4, -0.2) is 135 Å². The lowest BCUT2D eigenvalue weighted by Gasteiger charge is -2.34. The van der Waals surface area contributed by atoms with E-state index >= 15 is 0 Å². The summed E-state index contributed by atoms with van der Waals surface area (Å²) in [5, 5.41) is 46.2. The molecule has 0 aliphatic heterocycles. The molecule has 0 radical (unpaired) electrons. The van der Waals surface area contributed by atoms with E-state index in [1.54, 1.807) is 24.3 Å². The first-order valence-electron chi connectivity index (χ1n) is 11.4. The molecule has 5 N–H and O–H groups in total. The number of benzene rings is 1. The zero-order chi connectivity index (χ0) is 28.0. The Kier molecular flexibility index (Phi) is 13.6. The molecule has 0 saturated carbocycles. The zero-order valence-corrected chi connectivity index (χ0v) is 20.5. The van der Waals surface area contributed by atoms with Crippen molar-refractivity contribution in [3.63, 3.8) is 0 Å². The minimum Gasteiger partial charge on any atom is -0.494 e. The van der Waals surface area contributed by atoms with Gasteiger partial charge in [-0.1, -0.05) is 12.1 Å². The molecule has 14 heteroatoms. The number of ether oxygens (including phenoxy) is 1. The van der Waals surface area contributed by atoms with Crippen LogP contribution in [0.1, 0.15) is 12.5 Å². The van der Waals surface area contributed by atoms with E-state index in [0.29, 0.717) is 12.4 Å². The third-order valence-electron chi connectivity index (χ3n) is 5.18. The van der Waals surface area contributed by atoms with E-state index in [2.05, 4.69) is 0 Å². The maximum Gasteiger partial charge on any atom is 0.317 e. The first-order valence-corrected chi connectivity index (χ1v) is 11.4. The minimum atomic E-state index is -1.27. The lowest BCUT2D eigenvalue weighted by atomic mass is 10.0. The average Bonchev–Trinajstić information content (AvgIpc) is 2.76. The van der Waals surface area contributed by atoms with Crippen molar-refractivity contribution >= 4 is 29.8 Å². The Labute approximate surface area is 213 Å². The SMILES string of the molecule is CCOc1ccc(C[C@@H](CN(CCN(CC(=O)O)CC(=O)O)CC(=O)O)N(CC(=O)O)CC(=O)O)cc1. The van der Waals surface area contributed by atoms with Gasteiger partial charge in [-0.3, -0.25) is 38.7 Å². The number of hydrogen-bond donors (Lipinski definition) is 5. The van der Waals surface area contributed by atoms with Gasteiger partial charge in [0.1, 0.15) is 5.75 Å². The third kappa shape index (κ3) is 13.8. The van der Waals surface area contributed by atoms with Gasteiger partial charge in [0.2, 0.25) is 0 Å². The summed E-state index contributed by atoms with van der Waals surface area (Å²) >= 11 is 0. The molecular formula is C23H33N3O11. The molecule has 37 heavy (non-hydrogen) atoms. The predicted octanol–water partition coefficient (Wildman–Crippen LogP) is -0.675. The topological polar surface area (TPSA) is 205 Å². The minimum absolute atomic E-state index is 0.0549. The van der Waals surface area contributed by atoms with Crippen molar-refractivity contribution in [2.75, 3.05) is 59.0 Å². The maximum absolute atomic E-state index is 11.5. The fourth-order valence-corrected chi connectivity index (χ4v) is 3.73. The second-order valence-corrected chi connectivity index (χ2v) is 8.25. The monoisotopic (exact) mass is 527 g/mol. The van der Waals surface area contributed by atoms with Crippen molar-refractivity contribution in [3.05, 3.63) is 29.8 Å². The molecule has 0 spiro atoms.